The van der Waals surface area contributed by atoms with E-state index in [0.717, 1.165) is 30.3 Å². The van der Waals surface area contributed by atoms with E-state index in [1.54, 1.807) is 0 Å². The molecule has 0 spiro atoms. The first-order valence-corrected chi connectivity index (χ1v) is 6.25. The van der Waals surface area contributed by atoms with E-state index in [4.69, 9.17) is 9.47 Å². The van der Waals surface area contributed by atoms with Crippen LogP contribution in [0.5, 0.6) is 11.5 Å². The number of benzene rings is 1. The Morgan fingerprint density at radius 2 is 2.11 bits per heavy atom. The molecule has 0 amide bonds. The number of rotatable bonds is 3. The predicted octanol–water partition coefficient (Wildman–Crippen LogP) is 2.71. The van der Waals surface area contributed by atoms with Gasteiger partial charge in [0, 0.05) is 25.4 Å². The van der Waals surface area contributed by atoms with Crippen LogP contribution in [-0.4, -0.2) is 22.3 Å². The number of nitrogens with zero attached hydrogens (tertiary/aromatic N) is 2. The van der Waals surface area contributed by atoms with E-state index in [1.165, 1.54) is 0 Å². The molecule has 0 N–H and O–H groups in total. The van der Waals surface area contributed by atoms with E-state index in [1.807, 2.05) is 36.7 Å². The third-order valence-electron chi connectivity index (χ3n) is 3.12. The summed E-state index contributed by atoms with van der Waals surface area (Å²) in [6.07, 6.45) is 4.63. The van der Waals surface area contributed by atoms with Crippen molar-refractivity contribution in [2.45, 2.75) is 26.0 Å². The van der Waals surface area contributed by atoms with E-state index in [2.05, 4.69) is 16.5 Å². The third kappa shape index (κ3) is 2.84. The van der Waals surface area contributed by atoms with Crippen molar-refractivity contribution < 1.29 is 9.47 Å². The van der Waals surface area contributed by atoms with Crippen LogP contribution >= 0.6 is 12.4 Å². The van der Waals surface area contributed by atoms with Crippen LogP contribution in [0.25, 0.3) is 0 Å². The SMILES string of the molecule is CCn1ccnc1C[C@@H]1COc2ccccc2O1.Cl. The van der Waals surface area contributed by atoms with E-state index >= 15 is 0 Å². The number of fused-ring (bicyclic) bond motifs is 1. The van der Waals surface area contributed by atoms with Crippen LogP contribution in [0.4, 0.5) is 0 Å². The first-order valence-electron chi connectivity index (χ1n) is 6.25. The second kappa shape index (κ2) is 5.97. The Morgan fingerprint density at radius 1 is 1.32 bits per heavy atom. The summed E-state index contributed by atoms with van der Waals surface area (Å²) in [7, 11) is 0. The molecule has 0 fully saturated rings. The normalized spacial score (nSPS) is 16.8. The first-order chi connectivity index (χ1) is 8.86. The van der Waals surface area contributed by atoms with Crippen LogP contribution in [0.15, 0.2) is 36.7 Å². The monoisotopic (exact) mass is 280 g/mol. The van der Waals surface area contributed by atoms with Gasteiger partial charge in [0.2, 0.25) is 0 Å². The highest BCUT2D eigenvalue weighted by Crippen LogP contribution is 2.31. The molecule has 1 aromatic heterocycles. The molecular formula is C14H17ClN2O2. The molecule has 102 valence electrons. The van der Waals surface area contributed by atoms with Crippen molar-refractivity contribution in [2.75, 3.05) is 6.61 Å². The van der Waals surface area contributed by atoms with E-state index < -0.39 is 0 Å². The summed E-state index contributed by atoms with van der Waals surface area (Å²) < 4.78 is 13.8. The lowest BCUT2D eigenvalue weighted by Crippen LogP contribution is -2.32. The van der Waals surface area contributed by atoms with Gasteiger partial charge >= 0.3 is 0 Å². The molecule has 0 saturated carbocycles. The molecule has 0 unspecified atom stereocenters. The Hall–Kier alpha value is -1.68. The number of para-hydroxylation sites is 2. The summed E-state index contributed by atoms with van der Waals surface area (Å²) in [5.74, 6) is 2.70. The number of aromatic nitrogens is 2. The fourth-order valence-electron chi connectivity index (χ4n) is 2.19. The van der Waals surface area contributed by atoms with E-state index in [0.29, 0.717) is 6.61 Å². The topological polar surface area (TPSA) is 36.3 Å². The second-order valence-electron chi connectivity index (χ2n) is 4.33. The summed E-state index contributed by atoms with van der Waals surface area (Å²) in [5, 5.41) is 0. The van der Waals surface area contributed by atoms with Gasteiger partial charge in [-0.3, -0.25) is 0 Å². The number of aryl methyl sites for hydroxylation is 1. The number of hydrogen-bond acceptors (Lipinski definition) is 3. The van der Waals surface area contributed by atoms with Crippen LogP contribution in [0.2, 0.25) is 0 Å². The average molecular weight is 281 g/mol. The molecule has 19 heavy (non-hydrogen) atoms. The maximum Gasteiger partial charge on any atom is 0.161 e. The summed E-state index contributed by atoms with van der Waals surface area (Å²) in [6.45, 7) is 3.62. The van der Waals surface area contributed by atoms with Gasteiger partial charge in [-0.2, -0.15) is 0 Å². The Balaban J connectivity index is 0.00000133. The van der Waals surface area contributed by atoms with Gasteiger partial charge in [-0.25, -0.2) is 4.98 Å². The van der Waals surface area contributed by atoms with Crippen molar-refractivity contribution in [3.05, 3.63) is 42.5 Å². The van der Waals surface area contributed by atoms with Crippen molar-refractivity contribution in [2.24, 2.45) is 0 Å². The van der Waals surface area contributed by atoms with Gasteiger partial charge in [0.05, 0.1) is 0 Å². The van der Waals surface area contributed by atoms with Gasteiger partial charge in [-0.1, -0.05) is 12.1 Å². The lowest BCUT2D eigenvalue weighted by molar-refractivity contribution is 0.0892. The van der Waals surface area contributed by atoms with Crippen molar-refractivity contribution in [3.63, 3.8) is 0 Å². The fraction of sp³-hybridized carbons (Fsp3) is 0.357. The molecule has 1 aromatic carbocycles. The van der Waals surface area contributed by atoms with Gasteiger partial charge in [0.15, 0.2) is 11.5 Å². The minimum Gasteiger partial charge on any atom is -0.486 e. The van der Waals surface area contributed by atoms with Crippen molar-refractivity contribution in [1.82, 2.24) is 9.55 Å². The quantitative estimate of drug-likeness (QED) is 0.867. The maximum absolute atomic E-state index is 5.93. The molecule has 0 bridgehead atoms. The number of imidazole rings is 1. The Bertz CT molecular complexity index is 542. The predicted molar refractivity (Wildman–Crippen MR) is 75.2 cm³/mol. The summed E-state index contributed by atoms with van der Waals surface area (Å²) in [5.41, 5.74) is 0. The Labute approximate surface area is 118 Å². The number of ether oxygens (including phenoxy) is 2. The van der Waals surface area contributed by atoms with Crippen molar-refractivity contribution in [3.8, 4) is 11.5 Å². The molecule has 0 aliphatic carbocycles. The first kappa shape index (κ1) is 13.7. The zero-order valence-electron chi connectivity index (χ0n) is 10.8. The molecule has 5 heteroatoms. The van der Waals surface area contributed by atoms with Gasteiger partial charge in [0.1, 0.15) is 18.5 Å². The molecule has 3 rings (SSSR count). The minimum absolute atomic E-state index is 0. The molecule has 0 radical (unpaired) electrons. The molecular weight excluding hydrogens is 264 g/mol. The standard InChI is InChI=1S/C14H16N2O2.ClH/c1-2-16-8-7-15-14(16)9-11-10-17-12-5-3-4-6-13(12)18-11;/h3-8,11H,2,9-10H2,1H3;1H/t11-;/m1./s1. The zero-order chi connectivity index (χ0) is 12.4. The third-order valence-corrected chi connectivity index (χ3v) is 3.12. The highest BCUT2D eigenvalue weighted by Gasteiger charge is 2.22. The van der Waals surface area contributed by atoms with Gasteiger partial charge in [-0.15, -0.1) is 12.4 Å². The molecule has 1 aliphatic heterocycles. The molecule has 0 saturated heterocycles. The van der Waals surface area contributed by atoms with Gasteiger partial charge in [-0.05, 0) is 19.1 Å². The van der Waals surface area contributed by atoms with Crippen molar-refractivity contribution >= 4 is 12.4 Å². The molecule has 2 heterocycles. The molecule has 1 aliphatic rings. The maximum atomic E-state index is 5.93. The van der Waals surface area contributed by atoms with E-state index in [-0.39, 0.29) is 18.5 Å². The van der Waals surface area contributed by atoms with Crippen LogP contribution in [0.1, 0.15) is 12.7 Å². The lowest BCUT2D eigenvalue weighted by atomic mass is 10.2. The van der Waals surface area contributed by atoms with Gasteiger partial charge < -0.3 is 14.0 Å². The smallest absolute Gasteiger partial charge is 0.161 e. The van der Waals surface area contributed by atoms with E-state index in [9.17, 15) is 0 Å². The second-order valence-corrected chi connectivity index (χ2v) is 4.33. The fourth-order valence-corrected chi connectivity index (χ4v) is 2.19. The van der Waals surface area contributed by atoms with Crippen LogP contribution in [-0.2, 0) is 13.0 Å². The lowest BCUT2D eigenvalue weighted by Gasteiger charge is -2.26. The summed E-state index contributed by atoms with van der Waals surface area (Å²) in [6, 6.07) is 7.77. The van der Waals surface area contributed by atoms with Crippen LogP contribution in [0, 0.1) is 0 Å². The molecule has 1 atom stereocenters. The summed E-state index contributed by atoms with van der Waals surface area (Å²) in [4.78, 5) is 4.36. The zero-order valence-corrected chi connectivity index (χ0v) is 11.6. The number of hydrogen-bond donors (Lipinski definition) is 0. The molecule has 4 nitrogen and oxygen atoms in total. The number of halogens is 1. The largest absolute Gasteiger partial charge is 0.486 e. The average Bonchev–Trinajstić information content (AvgIpc) is 2.86. The van der Waals surface area contributed by atoms with Crippen molar-refractivity contribution in [1.29, 1.82) is 0 Å². The Kier molecular flexibility index (Phi) is 4.32. The minimum atomic E-state index is 0. The molecule has 2 aromatic rings. The van der Waals surface area contributed by atoms with Crippen LogP contribution in [0.3, 0.4) is 0 Å². The van der Waals surface area contributed by atoms with Crippen LogP contribution < -0.4 is 9.47 Å². The highest BCUT2D eigenvalue weighted by molar-refractivity contribution is 5.85. The van der Waals surface area contributed by atoms with Gasteiger partial charge in [0.25, 0.3) is 0 Å². The Morgan fingerprint density at radius 3 is 2.89 bits per heavy atom. The summed E-state index contributed by atoms with van der Waals surface area (Å²) >= 11 is 0. The highest BCUT2D eigenvalue weighted by atomic mass is 35.5.